The predicted octanol–water partition coefficient (Wildman–Crippen LogP) is 3.06. The van der Waals surface area contributed by atoms with Crippen LogP contribution in [0.3, 0.4) is 0 Å². The Balaban J connectivity index is 1.98. The van der Waals surface area contributed by atoms with E-state index in [9.17, 15) is 0 Å². The highest BCUT2D eigenvalue weighted by molar-refractivity contribution is 8.00. The maximum absolute atomic E-state index is 6.14. The summed E-state index contributed by atoms with van der Waals surface area (Å²) >= 11 is 2.07. The lowest BCUT2D eigenvalue weighted by Gasteiger charge is -2.39. The van der Waals surface area contributed by atoms with E-state index in [1.807, 2.05) is 12.4 Å². The minimum Gasteiger partial charge on any atom is -0.329 e. The van der Waals surface area contributed by atoms with E-state index in [-0.39, 0.29) is 6.04 Å². The van der Waals surface area contributed by atoms with Gasteiger partial charge in [-0.1, -0.05) is 38.1 Å². The van der Waals surface area contributed by atoms with Crippen molar-refractivity contribution in [2.45, 2.75) is 30.4 Å². The van der Waals surface area contributed by atoms with Crippen LogP contribution in [0.25, 0.3) is 10.8 Å². The molecule has 1 aromatic carbocycles. The summed E-state index contributed by atoms with van der Waals surface area (Å²) in [4.78, 5) is 6.96. The molecule has 0 bridgehead atoms. The molecule has 1 aromatic heterocycles. The number of aromatic nitrogens is 1. The summed E-state index contributed by atoms with van der Waals surface area (Å²) in [6, 6.07) is 8.72. The number of nitrogens with two attached hydrogens (primary N) is 1. The summed E-state index contributed by atoms with van der Waals surface area (Å²) in [5.41, 5.74) is 7.41. The van der Waals surface area contributed by atoms with E-state index in [0.29, 0.717) is 17.0 Å². The highest BCUT2D eigenvalue weighted by Crippen LogP contribution is 2.32. The Morgan fingerprint density at radius 1 is 1.24 bits per heavy atom. The molecule has 0 amide bonds. The third kappa shape index (κ3) is 3.07. The van der Waals surface area contributed by atoms with Crippen LogP contribution in [0, 0.1) is 0 Å². The summed E-state index contributed by atoms with van der Waals surface area (Å²) in [5.74, 6) is 0. The molecule has 112 valence electrons. The van der Waals surface area contributed by atoms with Crippen molar-refractivity contribution >= 4 is 22.5 Å². The SMILES string of the molecule is CC1CN(C(CN)c2cncc3ccccc23)CC(C)S1. The zero-order valence-corrected chi connectivity index (χ0v) is 13.5. The van der Waals surface area contributed by atoms with Crippen LogP contribution in [0.4, 0.5) is 0 Å². The van der Waals surface area contributed by atoms with E-state index in [1.165, 1.54) is 16.3 Å². The number of hydrogen-bond acceptors (Lipinski definition) is 4. The molecule has 1 saturated heterocycles. The van der Waals surface area contributed by atoms with Crippen LogP contribution in [-0.2, 0) is 0 Å². The zero-order chi connectivity index (χ0) is 14.8. The van der Waals surface area contributed by atoms with Crippen LogP contribution >= 0.6 is 11.8 Å². The monoisotopic (exact) mass is 301 g/mol. The number of benzene rings is 1. The minimum atomic E-state index is 0.259. The number of thioether (sulfide) groups is 1. The van der Waals surface area contributed by atoms with Gasteiger partial charge in [-0.25, -0.2) is 0 Å². The van der Waals surface area contributed by atoms with Crippen molar-refractivity contribution in [3.05, 3.63) is 42.2 Å². The van der Waals surface area contributed by atoms with Crippen LogP contribution < -0.4 is 5.73 Å². The Morgan fingerprint density at radius 3 is 2.67 bits per heavy atom. The molecule has 2 aromatic rings. The molecule has 0 spiro atoms. The molecule has 21 heavy (non-hydrogen) atoms. The Bertz CT molecular complexity index is 601. The predicted molar refractivity (Wildman–Crippen MR) is 91.6 cm³/mol. The van der Waals surface area contributed by atoms with Gasteiger partial charge in [-0.2, -0.15) is 11.8 Å². The summed E-state index contributed by atoms with van der Waals surface area (Å²) in [6.45, 7) is 7.45. The van der Waals surface area contributed by atoms with Gasteiger partial charge in [-0.3, -0.25) is 9.88 Å². The molecule has 1 aliphatic rings. The summed E-state index contributed by atoms with van der Waals surface area (Å²) in [6.07, 6.45) is 3.93. The van der Waals surface area contributed by atoms with E-state index in [0.717, 1.165) is 13.1 Å². The number of pyridine rings is 1. The minimum absolute atomic E-state index is 0.259. The van der Waals surface area contributed by atoms with Crippen LogP contribution in [0.5, 0.6) is 0 Å². The van der Waals surface area contributed by atoms with E-state index in [2.05, 4.69) is 59.8 Å². The van der Waals surface area contributed by atoms with Gasteiger partial charge in [0.1, 0.15) is 0 Å². The van der Waals surface area contributed by atoms with Crippen LogP contribution in [0.15, 0.2) is 36.7 Å². The van der Waals surface area contributed by atoms with Crippen molar-refractivity contribution in [1.29, 1.82) is 0 Å². The Hall–Kier alpha value is -1.10. The highest BCUT2D eigenvalue weighted by atomic mass is 32.2. The lowest BCUT2D eigenvalue weighted by Crippen LogP contribution is -2.44. The first-order valence-electron chi connectivity index (χ1n) is 7.61. The second kappa shape index (κ2) is 6.34. The summed E-state index contributed by atoms with van der Waals surface area (Å²) < 4.78 is 0. The van der Waals surface area contributed by atoms with Crippen molar-refractivity contribution < 1.29 is 0 Å². The average molecular weight is 301 g/mol. The fourth-order valence-corrected chi connectivity index (χ4v) is 4.70. The fraction of sp³-hybridized carbons (Fsp3) is 0.471. The lowest BCUT2D eigenvalue weighted by molar-refractivity contribution is 0.200. The van der Waals surface area contributed by atoms with Gasteiger partial charge in [0, 0.05) is 54.0 Å². The number of hydrogen-bond donors (Lipinski definition) is 1. The first-order chi connectivity index (χ1) is 10.2. The van der Waals surface area contributed by atoms with Gasteiger partial charge in [-0.05, 0) is 10.9 Å². The molecule has 3 unspecified atom stereocenters. The largest absolute Gasteiger partial charge is 0.329 e. The summed E-state index contributed by atoms with van der Waals surface area (Å²) in [7, 11) is 0. The number of nitrogens with zero attached hydrogens (tertiary/aromatic N) is 2. The summed E-state index contributed by atoms with van der Waals surface area (Å²) in [5, 5.41) is 3.79. The smallest absolute Gasteiger partial charge is 0.0492 e. The van der Waals surface area contributed by atoms with Crippen LogP contribution in [0.2, 0.25) is 0 Å². The number of fused-ring (bicyclic) bond motifs is 1. The molecule has 1 fully saturated rings. The van der Waals surface area contributed by atoms with Crippen molar-refractivity contribution in [2.75, 3.05) is 19.6 Å². The molecule has 2 heterocycles. The molecule has 1 aliphatic heterocycles. The quantitative estimate of drug-likeness (QED) is 0.946. The zero-order valence-electron chi connectivity index (χ0n) is 12.7. The molecule has 3 atom stereocenters. The Morgan fingerprint density at radius 2 is 1.95 bits per heavy atom. The maximum Gasteiger partial charge on any atom is 0.0492 e. The van der Waals surface area contributed by atoms with Crippen LogP contribution in [0.1, 0.15) is 25.5 Å². The topological polar surface area (TPSA) is 42.1 Å². The first kappa shape index (κ1) is 14.8. The number of rotatable bonds is 3. The van der Waals surface area contributed by atoms with Gasteiger partial charge >= 0.3 is 0 Å². The molecule has 0 saturated carbocycles. The highest BCUT2D eigenvalue weighted by Gasteiger charge is 2.28. The van der Waals surface area contributed by atoms with E-state index in [4.69, 9.17) is 5.73 Å². The van der Waals surface area contributed by atoms with Crippen LogP contribution in [-0.4, -0.2) is 40.0 Å². The van der Waals surface area contributed by atoms with Gasteiger partial charge in [-0.15, -0.1) is 0 Å². The molecule has 0 aliphatic carbocycles. The fourth-order valence-electron chi connectivity index (χ4n) is 3.35. The van der Waals surface area contributed by atoms with Gasteiger partial charge < -0.3 is 5.73 Å². The Labute approximate surface area is 130 Å². The van der Waals surface area contributed by atoms with E-state index >= 15 is 0 Å². The third-order valence-electron chi connectivity index (χ3n) is 4.17. The second-order valence-corrected chi connectivity index (χ2v) is 7.79. The molecule has 3 rings (SSSR count). The molecule has 3 nitrogen and oxygen atoms in total. The van der Waals surface area contributed by atoms with Gasteiger partial charge in [0.2, 0.25) is 0 Å². The van der Waals surface area contributed by atoms with Crippen molar-refractivity contribution in [3.8, 4) is 0 Å². The molecule has 2 N–H and O–H groups in total. The Kier molecular flexibility index (Phi) is 4.48. The van der Waals surface area contributed by atoms with Crippen molar-refractivity contribution in [2.24, 2.45) is 5.73 Å². The van der Waals surface area contributed by atoms with Gasteiger partial charge in [0.15, 0.2) is 0 Å². The normalized spacial score (nSPS) is 25.1. The van der Waals surface area contributed by atoms with Gasteiger partial charge in [0.05, 0.1) is 0 Å². The second-order valence-electron chi connectivity index (χ2n) is 5.91. The van der Waals surface area contributed by atoms with Crippen molar-refractivity contribution in [3.63, 3.8) is 0 Å². The maximum atomic E-state index is 6.14. The van der Waals surface area contributed by atoms with E-state index < -0.39 is 0 Å². The lowest BCUT2D eigenvalue weighted by atomic mass is 10.00. The average Bonchev–Trinajstić information content (AvgIpc) is 2.47. The molecular formula is C17H23N3S. The third-order valence-corrected chi connectivity index (χ3v) is 5.40. The standard InChI is InChI=1S/C17H23N3S/c1-12-10-20(11-13(2)21-12)17(7-18)16-9-19-8-14-5-3-4-6-15(14)16/h3-6,8-9,12-13,17H,7,10-11,18H2,1-2H3. The molecule has 4 heteroatoms. The van der Waals surface area contributed by atoms with E-state index in [1.54, 1.807) is 0 Å². The molecule has 0 radical (unpaired) electrons. The van der Waals surface area contributed by atoms with Crippen molar-refractivity contribution in [1.82, 2.24) is 9.88 Å². The molecular weight excluding hydrogens is 278 g/mol. The van der Waals surface area contributed by atoms with Gasteiger partial charge in [0.25, 0.3) is 0 Å². The first-order valence-corrected chi connectivity index (χ1v) is 8.55.